The smallest absolute Gasteiger partial charge is 0.181 e. The van der Waals surface area contributed by atoms with Crippen LogP contribution in [0.3, 0.4) is 0 Å². The number of carbonyl (C=O) groups excluding carboxylic acids is 1. The molecule has 1 heterocycles. The molecule has 0 aliphatic carbocycles. The van der Waals surface area contributed by atoms with Gasteiger partial charge in [-0.15, -0.1) is 0 Å². The fourth-order valence-corrected chi connectivity index (χ4v) is 2.63. The largest absolute Gasteiger partial charge is 0.444 e. The van der Waals surface area contributed by atoms with E-state index in [1.54, 1.807) is 6.20 Å². The van der Waals surface area contributed by atoms with E-state index in [1.807, 2.05) is 75.5 Å². The minimum atomic E-state index is -0.0719. The summed E-state index contributed by atoms with van der Waals surface area (Å²) >= 11 is 0. The molecule has 0 aliphatic rings. The minimum Gasteiger partial charge on any atom is -0.444 e. The summed E-state index contributed by atoms with van der Waals surface area (Å²) in [4.78, 5) is 14.6. The van der Waals surface area contributed by atoms with Gasteiger partial charge in [-0.2, -0.15) is 0 Å². The summed E-state index contributed by atoms with van der Waals surface area (Å²) in [6, 6.07) is 18.3. The number of hydrogen-bond acceptors (Lipinski definition) is 5. The predicted molar refractivity (Wildman–Crippen MR) is 110 cm³/mol. The van der Waals surface area contributed by atoms with Gasteiger partial charge in [0, 0.05) is 24.3 Å². The van der Waals surface area contributed by atoms with Gasteiger partial charge in [-0.1, -0.05) is 56.3 Å². The summed E-state index contributed by atoms with van der Waals surface area (Å²) in [6.45, 7) is 4.09. The Bertz CT molecular complexity index is 786. The first kappa shape index (κ1) is 20.4. The average Bonchev–Trinajstić information content (AvgIpc) is 3.23. The van der Waals surface area contributed by atoms with E-state index in [-0.39, 0.29) is 6.04 Å². The molecule has 27 heavy (non-hydrogen) atoms. The Morgan fingerprint density at radius 1 is 1.11 bits per heavy atom. The van der Waals surface area contributed by atoms with E-state index in [9.17, 15) is 4.79 Å². The molecule has 0 saturated heterocycles. The Kier molecular flexibility index (Phi) is 8.26. The normalized spacial score (nSPS) is 11.4. The van der Waals surface area contributed by atoms with Gasteiger partial charge < -0.3 is 19.8 Å². The third kappa shape index (κ3) is 7.07. The van der Waals surface area contributed by atoms with Crippen LogP contribution in [0.2, 0.25) is 0 Å². The number of anilines is 1. The molecule has 0 unspecified atom stereocenters. The van der Waals surface area contributed by atoms with Crippen molar-refractivity contribution >= 4 is 12.0 Å². The number of aldehydes is 1. The van der Waals surface area contributed by atoms with Crippen LogP contribution in [0.1, 0.15) is 19.4 Å². The zero-order chi connectivity index (χ0) is 19.5. The Hall–Kier alpha value is -2.92. The summed E-state index contributed by atoms with van der Waals surface area (Å²) in [5.41, 5.74) is 3.29. The van der Waals surface area contributed by atoms with Gasteiger partial charge in [-0.05, 0) is 24.1 Å². The molecule has 5 nitrogen and oxygen atoms in total. The Labute approximate surface area is 160 Å². The van der Waals surface area contributed by atoms with Gasteiger partial charge in [0.1, 0.15) is 6.29 Å². The fraction of sp³-hybridized carbons (Fsp3) is 0.273. The van der Waals surface area contributed by atoms with Gasteiger partial charge >= 0.3 is 0 Å². The van der Waals surface area contributed by atoms with Crippen molar-refractivity contribution < 1.29 is 9.21 Å². The summed E-state index contributed by atoms with van der Waals surface area (Å²) in [7, 11) is 1.89. The lowest BCUT2D eigenvalue weighted by Gasteiger charge is -2.15. The summed E-state index contributed by atoms with van der Waals surface area (Å²) in [5.74, 6) is 0.789. The van der Waals surface area contributed by atoms with Crippen molar-refractivity contribution in [1.29, 1.82) is 0 Å². The molecular formula is C22H27N3O2. The molecule has 1 aromatic heterocycles. The molecule has 0 fully saturated rings. The number of aromatic nitrogens is 1. The van der Waals surface area contributed by atoms with E-state index >= 15 is 0 Å². The highest BCUT2D eigenvalue weighted by atomic mass is 16.3. The van der Waals surface area contributed by atoms with Crippen LogP contribution in [0.5, 0.6) is 0 Å². The first-order valence-electron chi connectivity index (χ1n) is 9.04. The second-order valence-electron chi connectivity index (χ2n) is 6.45. The van der Waals surface area contributed by atoms with E-state index in [0.717, 1.165) is 29.7 Å². The molecule has 3 aromatic rings. The van der Waals surface area contributed by atoms with Crippen molar-refractivity contribution in [3.8, 4) is 11.3 Å². The van der Waals surface area contributed by atoms with Gasteiger partial charge in [0.15, 0.2) is 12.2 Å². The van der Waals surface area contributed by atoms with E-state index < -0.39 is 0 Å². The molecule has 0 radical (unpaired) electrons. The van der Waals surface area contributed by atoms with Crippen molar-refractivity contribution in [2.24, 2.45) is 0 Å². The van der Waals surface area contributed by atoms with Crippen LogP contribution < -0.4 is 10.6 Å². The zero-order valence-electron chi connectivity index (χ0n) is 16.1. The maximum atomic E-state index is 10.8. The van der Waals surface area contributed by atoms with Crippen LogP contribution in [0.25, 0.3) is 11.3 Å². The molecule has 5 heteroatoms. The molecule has 0 saturated carbocycles. The van der Waals surface area contributed by atoms with Crippen molar-refractivity contribution in [1.82, 2.24) is 10.3 Å². The van der Waals surface area contributed by atoms with Crippen LogP contribution in [0, 0.1) is 0 Å². The number of hydrogen-bond donors (Lipinski definition) is 2. The Morgan fingerprint density at radius 3 is 2.48 bits per heavy atom. The van der Waals surface area contributed by atoms with Crippen LogP contribution in [0.4, 0.5) is 5.69 Å². The quantitative estimate of drug-likeness (QED) is 0.615. The topological polar surface area (TPSA) is 67.2 Å². The lowest BCUT2D eigenvalue weighted by atomic mass is 10.1. The van der Waals surface area contributed by atoms with E-state index in [0.29, 0.717) is 6.04 Å². The molecule has 2 N–H and O–H groups in total. The van der Waals surface area contributed by atoms with E-state index in [4.69, 9.17) is 4.42 Å². The number of oxazole rings is 1. The number of carbonyl (C=O) groups is 1. The summed E-state index contributed by atoms with van der Waals surface area (Å²) < 4.78 is 5.18. The van der Waals surface area contributed by atoms with Gasteiger partial charge in [-0.25, -0.2) is 4.98 Å². The molecule has 1 atom stereocenters. The number of benzene rings is 2. The Morgan fingerprint density at radius 2 is 1.89 bits per heavy atom. The second kappa shape index (κ2) is 10.9. The molecule has 0 aliphatic heterocycles. The lowest BCUT2D eigenvalue weighted by molar-refractivity contribution is -0.109. The van der Waals surface area contributed by atoms with E-state index in [2.05, 4.69) is 15.6 Å². The van der Waals surface area contributed by atoms with Crippen LogP contribution in [0.15, 0.2) is 71.6 Å². The predicted octanol–water partition coefficient (Wildman–Crippen LogP) is 4.18. The summed E-state index contributed by atoms with van der Waals surface area (Å²) in [5, 5.41) is 6.28. The van der Waals surface area contributed by atoms with Gasteiger partial charge in [0.25, 0.3) is 0 Å². The van der Waals surface area contributed by atoms with Gasteiger partial charge in [0.05, 0.1) is 12.2 Å². The zero-order valence-corrected chi connectivity index (χ0v) is 16.1. The van der Waals surface area contributed by atoms with Crippen LogP contribution in [-0.2, 0) is 11.2 Å². The monoisotopic (exact) mass is 365 g/mol. The number of nitrogens with zero attached hydrogens (tertiary/aromatic N) is 1. The highest BCUT2D eigenvalue weighted by Gasteiger charge is 2.08. The number of nitrogens with one attached hydrogen (secondary N) is 2. The first-order chi connectivity index (χ1) is 13.1. The SMILES string of the molecule is CC(C)N[C@H](C=O)Cc1ccccc1.CNc1cccc(-c2cnco2)c1. The first-order valence-corrected chi connectivity index (χ1v) is 9.04. The highest BCUT2D eigenvalue weighted by molar-refractivity contribution is 5.62. The molecule has 0 bridgehead atoms. The maximum Gasteiger partial charge on any atom is 0.181 e. The van der Waals surface area contributed by atoms with E-state index in [1.165, 1.54) is 12.0 Å². The second-order valence-corrected chi connectivity index (χ2v) is 6.45. The van der Waals surface area contributed by atoms with Crippen molar-refractivity contribution in [3.05, 3.63) is 72.8 Å². The van der Waals surface area contributed by atoms with Crippen LogP contribution in [-0.4, -0.2) is 30.4 Å². The van der Waals surface area contributed by atoms with Gasteiger partial charge in [0.2, 0.25) is 0 Å². The molecule has 142 valence electrons. The van der Waals surface area contributed by atoms with Gasteiger partial charge in [-0.3, -0.25) is 0 Å². The van der Waals surface area contributed by atoms with Crippen molar-refractivity contribution in [2.45, 2.75) is 32.4 Å². The third-order valence-electron chi connectivity index (χ3n) is 3.88. The third-order valence-corrected chi connectivity index (χ3v) is 3.88. The lowest BCUT2D eigenvalue weighted by Crippen LogP contribution is -2.37. The highest BCUT2D eigenvalue weighted by Crippen LogP contribution is 2.21. The maximum absolute atomic E-state index is 10.8. The standard InChI is InChI=1S/C12H17NO.C10H10N2O/c1-10(2)13-12(9-14)8-11-6-4-3-5-7-11;1-11-9-4-2-3-8(5-9)10-6-12-7-13-10/h3-7,9-10,12-13H,8H2,1-2H3;2-7,11H,1H3/t12-;/m0./s1. The molecule has 0 spiro atoms. The number of rotatable bonds is 7. The molecule has 2 aromatic carbocycles. The molecular weight excluding hydrogens is 338 g/mol. The molecule has 0 amide bonds. The van der Waals surface area contributed by atoms with Crippen LogP contribution >= 0.6 is 0 Å². The Balaban J connectivity index is 0.000000194. The minimum absolute atomic E-state index is 0.0719. The van der Waals surface area contributed by atoms with Crippen molar-refractivity contribution in [2.75, 3.05) is 12.4 Å². The molecule has 3 rings (SSSR count). The average molecular weight is 365 g/mol. The summed E-state index contributed by atoms with van der Waals surface area (Å²) in [6.07, 6.45) is 4.88. The van der Waals surface area contributed by atoms with Crippen molar-refractivity contribution in [3.63, 3.8) is 0 Å². The fourth-order valence-electron chi connectivity index (χ4n) is 2.63.